The lowest BCUT2D eigenvalue weighted by Gasteiger charge is -2.49. The van der Waals surface area contributed by atoms with Crippen LogP contribution in [0, 0.1) is 5.82 Å². The fourth-order valence-electron chi connectivity index (χ4n) is 6.28. The molecular formula is C24H25ClFN5O4. The highest BCUT2D eigenvalue weighted by Gasteiger charge is 2.56. The summed E-state index contributed by atoms with van der Waals surface area (Å²) in [5, 5.41) is 9.94. The monoisotopic (exact) mass is 501 g/mol. The quantitative estimate of drug-likeness (QED) is 0.547. The topological polar surface area (TPSA) is 94.8 Å². The second-order valence-electron chi connectivity index (χ2n) is 10.4. The second-order valence-corrected chi connectivity index (χ2v) is 10.7. The van der Waals surface area contributed by atoms with Crippen LogP contribution in [-0.4, -0.2) is 68.4 Å². The van der Waals surface area contributed by atoms with Crippen molar-refractivity contribution >= 4 is 28.6 Å². The van der Waals surface area contributed by atoms with Gasteiger partial charge >= 0.3 is 0 Å². The highest BCUT2D eigenvalue weighted by molar-refractivity contribution is 6.28. The Kier molecular flexibility index (Phi) is 4.58. The SMILES string of the molecule is CC1(C)O[C@@H]2[C@H](O1)[C@@H](CO)O[C@H]2n1cnc2c(N3CC4(CCc5c(F)cccc54)C3)nc(Cl)nc21. The molecule has 1 spiro atoms. The van der Waals surface area contributed by atoms with Crippen LogP contribution in [0.25, 0.3) is 11.2 Å². The summed E-state index contributed by atoms with van der Waals surface area (Å²) < 4.78 is 34.3. The van der Waals surface area contributed by atoms with Gasteiger partial charge < -0.3 is 24.2 Å². The predicted molar refractivity (Wildman–Crippen MR) is 124 cm³/mol. The van der Waals surface area contributed by atoms with E-state index >= 15 is 0 Å². The molecule has 3 aliphatic heterocycles. The van der Waals surface area contributed by atoms with Crippen LogP contribution < -0.4 is 4.90 Å². The normalized spacial score (nSPS) is 30.1. The molecule has 9 nitrogen and oxygen atoms in total. The molecule has 0 amide bonds. The maximum absolute atomic E-state index is 14.3. The molecule has 35 heavy (non-hydrogen) atoms. The number of aromatic nitrogens is 4. The number of imidazole rings is 1. The van der Waals surface area contributed by atoms with Gasteiger partial charge in [-0.05, 0) is 55.5 Å². The number of rotatable bonds is 3. The smallest absolute Gasteiger partial charge is 0.226 e. The third kappa shape index (κ3) is 3.10. The molecule has 4 aliphatic rings. The first-order valence-electron chi connectivity index (χ1n) is 11.8. The lowest BCUT2D eigenvalue weighted by molar-refractivity contribution is -0.199. The lowest BCUT2D eigenvalue weighted by Crippen LogP contribution is -2.58. The first kappa shape index (κ1) is 21.9. The Morgan fingerprint density at radius 1 is 1.20 bits per heavy atom. The summed E-state index contributed by atoms with van der Waals surface area (Å²) in [4.78, 5) is 15.7. The number of halogens is 2. The fraction of sp³-hybridized carbons (Fsp3) is 0.542. The summed E-state index contributed by atoms with van der Waals surface area (Å²) in [5.74, 6) is -0.269. The molecule has 1 aliphatic carbocycles. The van der Waals surface area contributed by atoms with E-state index in [4.69, 9.17) is 25.8 Å². The maximum Gasteiger partial charge on any atom is 0.226 e. The van der Waals surface area contributed by atoms with Crippen LogP contribution in [0.2, 0.25) is 5.28 Å². The molecule has 3 aromatic rings. The number of nitrogens with zero attached hydrogens (tertiary/aromatic N) is 5. The first-order valence-corrected chi connectivity index (χ1v) is 12.2. The molecule has 11 heteroatoms. The molecule has 0 unspecified atom stereocenters. The van der Waals surface area contributed by atoms with Crippen LogP contribution in [0.4, 0.5) is 10.2 Å². The molecular weight excluding hydrogens is 477 g/mol. The van der Waals surface area contributed by atoms with Crippen molar-refractivity contribution in [3.05, 3.63) is 46.8 Å². The van der Waals surface area contributed by atoms with Crippen LogP contribution in [0.15, 0.2) is 24.5 Å². The molecule has 0 bridgehead atoms. The minimum absolute atomic E-state index is 0.0828. The average molecular weight is 502 g/mol. The van der Waals surface area contributed by atoms with Gasteiger partial charge in [-0.25, -0.2) is 9.37 Å². The van der Waals surface area contributed by atoms with Gasteiger partial charge in [0.25, 0.3) is 0 Å². The van der Waals surface area contributed by atoms with Crippen LogP contribution >= 0.6 is 11.6 Å². The summed E-state index contributed by atoms with van der Waals surface area (Å²) in [6, 6.07) is 5.36. The third-order valence-corrected chi connectivity index (χ3v) is 7.95. The van der Waals surface area contributed by atoms with E-state index in [1.165, 1.54) is 6.07 Å². The summed E-state index contributed by atoms with van der Waals surface area (Å²) in [5.41, 5.74) is 2.97. The van der Waals surface area contributed by atoms with E-state index in [0.29, 0.717) is 30.1 Å². The number of aliphatic hydroxyl groups excluding tert-OH is 1. The van der Waals surface area contributed by atoms with Gasteiger partial charge in [-0.15, -0.1) is 0 Å². The van der Waals surface area contributed by atoms with Gasteiger partial charge in [-0.2, -0.15) is 9.97 Å². The molecule has 0 radical (unpaired) electrons. The van der Waals surface area contributed by atoms with Crippen molar-refractivity contribution in [2.24, 2.45) is 0 Å². The molecule has 0 saturated carbocycles. The Labute approximate surface area is 205 Å². The van der Waals surface area contributed by atoms with Crippen molar-refractivity contribution < 1.29 is 23.7 Å². The van der Waals surface area contributed by atoms with Crippen LogP contribution in [-0.2, 0) is 26.0 Å². The van der Waals surface area contributed by atoms with Gasteiger partial charge in [-0.1, -0.05) is 12.1 Å². The van der Waals surface area contributed by atoms with Gasteiger partial charge in [-0.3, -0.25) is 4.57 Å². The third-order valence-electron chi connectivity index (χ3n) is 7.79. The Bertz CT molecular complexity index is 1340. The van der Waals surface area contributed by atoms with Crippen molar-refractivity contribution in [1.82, 2.24) is 19.5 Å². The minimum Gasteiger partial charge on any atom is -0.394 e. The molecule has 4 atom stereocenters. The van der Waals surface area contributed by atoms with Gasteiger partial charge in [0.2, 0.25) is 5.28 Å². The zero-order valence-electron chi connectivity index (χ0n) is 19.3. The predicted octanol–water partition coefficient (Wildman–Crippen LogP) is 2.73. The standard InChI is InChI=1S/C24H25ClFN5O4/c1-23(2)34-17-15(8-32)33-21(18(17)35-23)31-11-27-16-19(28-22(25)29-20(16)31)30-9-24(10-30)7-6-12-13(24)4-3-5-14(12)26/h3-5,11,15,17-18,21,32H,6-10H2,1-2H3/t15-,17-,18-,21-/m1/s1. The largest absolute Gasteiger partial charge is 0.394 e. The van der Waals surface area contributed by atoms with E-state index in [2.05, 4.69) is 19.9 Å². The summed E-state index contributed by atoms with van der Waals surface area (Å²) in [7, 11) is 0. The van der Waals surface area contributed by atoms with Crippen molar-refractivity contribution in [2.75, 3.05) is 24.6 Å². The van der Waals surface area contributed by atoms with E-state index in [9.17, 15) is 9.50 Å². The minimum atomic E-state index is -0.790. The molecule has 2 aromatic heterocycles. The van der Waals surface area contributed by atoms with Gasteiger partial charge in [0.1, 0.15) is 24.1 Å². The van der Waals surface area contributed by atoms with E-state index in [-0.39, 0.29) is 23.1 Å². The van der Waals surface area contributed by atoms with Gasteiger partial charge in [0.15, 0.2) is 29.0 Å². The maximum atomic E-state index is 14.3. The van der Waals surface area contributed by atoms with Gasteiger partial charge in [0, 0.05) is 18.5 Å². The molecule has 3 fully saturated rings. The van der Waals surface area contributed by atoms with E-state index in [1.807, 2.05) is 19.9 Å². The second kappa shape index (κ2) is 7.33. The fourth-order valence-corrected chi connectivity index (χ4v) is 6.44. The van der Waals surface area contributed by atoms with E-state index < -0.39 is 30.3 Å². The molecule has 1 N–H and O–H groups in total. The Morgan fingerprint density at radius 2 is 2.00 bits per heavy atom. The number of anilines is 1. The lowest BCUT2D eigenvalue weighted by atomic mass is 9.75. The number of hydrogen-bond donors (Lipinski definition) is 1. The number of ether oxygens (including phenoxy) is 3. The molecule has 3 saturated heterocycles. The highest BCUT2D eigenvalue weighted by Crippen LogP contribution is 2.49. The molecule has 5 heterocycles. The molecule has 1 aromatic carbocycles. The summed E-state index contributed by atoms with van der Waals surface area (Å²) in [6.45, 7) is 4.91. The molecule has 7 rings (SSSR count). The molecule has 184 valence electrons. The number of hydrogen-bond acceptors (Lipinski definition) is 8. The number of aliphatic hydroxyl groups is 1. The average Bonchev–Trinajstić information content (AvgIpc) is 3.52. The Balaban J connectivity index is 1.23. The number of fused-ring (bicyclic) bond motifs is 4. The van der Waals surface area contributed by atoms with Crippen LogP contribution in [0.5, 0.6) is 0 Å². The van der Waals surface area contributed by atoms with Crippen molar-refractivity contribution in [2.45, 2.75) is 62.4 Å². The summed E-state index contributed by atoms with van der Waals surface area (Å²) in [6.07, 6.45) is 1.34. The van der Waals surface area contributed by atoms with Gasteiger partial charge in [0.05, 0.1) is 12.9 Å². The zero-order chi connectivity index (χ0) is 24.1. The first-order chi connectivity index (χ1) is 16.8. The zero-order valence-corrected chi connectivity index (χ0v) is 20.1. The summed E-state index contributed by atoms with van der Waals surface area (Å²) >= 11 is 6.37. The van der Waals surface area contributed by atoms with Crippen LogP contribution in [0.3, 0.4) is 0 Å². The highest BCUT2D eigenvalue weighted by atomic mass is 35.5. The van der Waals surface area contributed by atoms with E-state index in [1.54, 1.807) is 17.0 Å². The van der Waals surface area contributed by atoms with Crippen molar-refractivity contribution in [3.8, 4) is 0 Å². The van der Waals surface area contributed by atoms with Crippen molar-refractivity contribution in [3.63, 3.8) is 0 Å². The van der Waals surface area contributed by atoms with Crippen LogP contribution in [0.1, 0.15) is 37.6 Å². The van der Waals surface area contributed by atoms with Crippen molar-refractivity contribution in [1.29, 1.82) is 0 Å². The van der Waals surface area contributed by atoms with E-state index in [0.717, 1.165) is 24.0 Å². The number of benzene rings is 1. The Hall–Kier alpha value is -2.37. The Morgan fingerprint density at radius 3 is 2.80 bits per heavy atom.